The Morgan fingerprint density at radius 3 is 2.84 bits per heavy atom. The zero-order valence-corrected chi connectivity index (χ0v) is 11.8. The van der Waals surface area contributed by atoms with Gasteiger partial charge < -0.3 is 15.0 Å². The van der Waals surface area contributed by atoms with Crippen LogP contribution in [0, 0.1) is 11.3 Å². The van der Waals surface area contributed by atoms with E-state index in [1.54, 1.807) is 0 Å². The lowest BCUT2D eigenvalue weighted by Crippen LogP contribution is -2.21. The van der Waals surface area contributed by atoms with Crippen LogP contribution >= 0.6 is 0 Å². The molecule has 0 aliphatic carbocycles. The number of hydrogen-bond donors (Lipinski definition) is 1. The molecule has 0 aliphatic rings. The van der Waals surface area contributed by atoms with Crippen molar-refractivity contribution in [3.8, 4) is 6.07 Å². The van der Waals surface area contributed by atoms with Gasteiger partial charge in [-0.25, -0.2) is 9.97 Å². The van der Waals surface area contributed by atoms with Crippen LogP contribution in [-0.4, -0.2) is 36.7 Å². The van der Waals surface area contributed by atoms with Gasteiger partial charge in [0.25, 0.3) is 0 Å². The van der Waals surface area contributed by atoms with E-state index in [1.165, 1.54) is 0 Å². The zero-order chi connectivity index (χ0) is 14.1. The number of anilines is 2. The maximum Gasteiger partial charge on any atom is 0.158 e. The van der Waals surface area contributed by atoms with E-state index in [0.29, 0.717) is 32.0 Å². The third-order valence-electron chi connectivity index (χ3n) is 2.50. The molecule has 1 N–H and O–H groups in total. The van der Waals surface area contributed by atoms with Gasteiger partial charge in [0.15, 0.2) is 5.82 Å². The van der Waals surface area contributed by atoms with Crippen molar-refractivity contribution >= 4 is 11.6 Å². The SMILES string of the molecule is CCNc1cc(N(C)CCC#N)nc(COCC)n1. The predicted molar refractivity (Wildman–Crippen MR) is 75.0 cm³/mol. The van der Waals surface area contributed by atoms with E-state index in [4.69, 9.17) is 10.00 Å². The third kappa shape index (κ3) is 5.10. The van der Waals surface area contributed by atoms with Crippen LogP contribution in [0.2, 0.25) is 0 Å². The Bertz CT molecular complexity index is 430. The second-order valence-electron chi connectivity index (χ2n) is 4.02. The van der Waals surface area contributed by atoms with Crippen LogP contribution in [0.4, 0.5) is 11.6 Å². The van der Waals surface area contributed by atoms with Crippen molar-refractivity contribution in [2.24, 2.45) is 0 Å². The summed E-state index contributed by atoms with van der Waals surface area (Å²) >= 11 is 0. The lowest BCUT2D eigenvalue weighted by atomic mass is 10.4. The lowest BCUT2D eigenvalue weighted by Gasteiger charge is -2.18. The minimum atomic E-state index is 0.398. The molecule has 0 bridgehead atoms. The fourth-order valence-electron chi connectivity index (χ4n) is 1.54. The molecule has 19 heavy (non-hydrogen) atoms. The van der Waals surface area contributed by atoms with Gasteiger partial charge in [-0.3, -0.25) is 0 Å². The molecule has 0 unspecified atom stereocenters. The number of nitriles is 1. The molecular weight excluding hydrogens is 242 g/mol. The molecular formula is C13H21N5O. The van der Waals surface area contributed by atoms with Crippen molar-refractivity contribution in [1.29, 1.82) is 5.26 Å². The smallest absolute Gasteiger partial charge is 0.158 e. The molecule has 1 aromatic heterocycles. The summed E-state index contributed by atoms with van der Waals surface area (Å²) in [5.41, 5.74) is 0. The van der Waals surface area contributed by atoms with Crippen molar-refractivity contribution in [2.45, 2.75) is 26.9 Å². The van der Waals surface area contributed by atoms with E-state index in [9.17, 15) is 0 Å². The Balaban J connectivity index is 2.88. The summed E-state index contributed by atoms with van der Waals surface area (Å²) < 4.78 is 5.34. The fourth-order valence-corrected chi connectivity index (χ4v) is 1.54. The van der Waals surface area contributed by atoms with Crippen molar-refractivity contribution in [2.75, 3.05) is 37.0 Å². The van der Waals surface area contributed by atoms with E-state index >= 15 is 0 Å². The minimum Gasteiger partial charge on any atom is -0.374 e. The van der Waals surface area contributed by atoms with Crippen LogP contribution in [0.1, 0.15) is 26.1 Å². The van der Waals surface area contributed by atoms with Gasteiger partial charge in [-0.05, 0) is 13.8 Å². The monoisotopic (exact) mass is 263 g/mol. The highest BCUT2D eigenvalue weighted by atomic mass is 16.5. The second kappa shape index (κ2) is 8.27. The van der Waals surface area contributed by atoms with Gasteiger partial charge in [-0.15, -0.1) is 0 Å². The van der Waals surface area contributed by atoms with E-state index in [2.05, 4.69) is 21.4 Å². The molecule has 0 spiro atoms. The molecule has 0 saturated carbocycles. The van der Waals surface area contributed by atoms with Crippen molar-refractivity contribution in [3.63, 3.8) is 0 Å². The number of ether oxygens (including phenoxy) is 1. The Labute approximate surface area is 114 Å². The second-order valence-corrected chi connectivity index (χ2v) is 4.02. The molecule has 1 aromatic rings. The van der Waals surface area contributed by atoms with Gasteiger partial charge in [0.1, 0.15) is 18.2 Å². The van der Waals surface area contributed by atoms with Gasteiger partial charge in [-0.1, -0.05) is 0 Å². The summed E-state index contributed by atoms with van der Waals surface area (Å²) in [7, 11) is 1.92. The molecule has 0 radical (unpaired) electrons. The number of nitrogens with zero attached hydrogens (tertiary/aromatic N) is 4. The summed E-state index contributed by atoms with van der Waals surface area (Å²) in [4.78, 5) is 10.8. The highest BCUT2D eigenvalue weighted by Crippen LogP contribution is 2.15. The van der Waals surface area contributed by atoms with Crippen LogP contribution in [0.15, 0.2) is 6.07 Å². The van der Waals surface area contributed by atoms with Gasteiger partial charge in [-0.2, -0.15) is 5.26 Å². The average molecular weight is 263 g/mol. The first-order valence-electron chi connectivity index (χ1n) is 6.48. The first-order chi connectivity index (χ1) is 9.21. The maximum atomic E-state index is 8.63. The summed E-state index contributed by atoms with van der Waals surface area (Å²) in [6, 6.07) is 4.02. The van der Waals surface area contributed by atoms with Crippen LogP contribution in [0.3, 0.4) is 0 Å². The van der Waals surface area contributed by atoms with Gasteiger partial charge >= 0.3 is 0 Å². The van der Waals surface area contributed by atoms with E-state index in [0.717, 1.165) is 18.2 Å². The van der Waals surface area contributed by atoms with E-state index < -0.39 is 0 Å². The first kappa shape index (κ1) is 15.2. The molecule has 104 valence electrons. The quantitative estimate of drug-likeness (QED) is 0.771. The Kier molecular flexibility index (Phi) is 6.61. The predicted octanol–water partition coefficient (Wildman–Crippen LogP) is 1.79. The summed E-state index contributed by atoms with van der Waals surface area (Å²) in [5.74, 6) is 2.24. The Morgan fingerprint density at radius 1 is 1.42 bits per heavy atom. The van der Waals surface area contributed by atoms with E-state index in [1.807, 2.05) is 31.9 Å². The van der Waals surface area contributed by atoms with Crippen LogP contribution in [-0.2, 0) is 11.3 Å². The molecule has 0 aromatic carbocycles. The summed E-state index contributed by atoms with van der Waals surface area (Å²) in [6.45, 7) is 6.43. The van der Waals surface area contributed by atoms with Crippen LogP contribution in [0.25, 0.3) is 0 Å². The molecule has 0 aliphatic heterocycles. The molecule has 6 heteroatoms. The first-order valence-corrected chi connectivity index (χ1v) is 6.48. The number of aromatic nitrogens is 2. The van der Waals surface area contributed by atoms with E-state index in [-0.39, 0.29) is 0 Å². The highest BCUT2D eigenvalue weighted by molar-refractivity contribution is 5.49. The fraction of sp³-hybridized carbons (Fsp3) is 0.615. The standard InChI is InChI=1S/C13H21N5O/c1-4-15-11-9-13(18(3)8-6-7-14)17-12(16-11)10-19-5-2/h9H,4-6,8,10H2,1-3H3,(H,15,16,17). The Morgan fingerprint density at radius 2 is 2.21 bits per heavy atom. The third-order valence-corrected chi connectivity index (χ3v) is 2.50. The topological polar surface area (TPSA) is 74.1 Å². The summed E-state index contributed by atoms with van der Waals surface area (Å²) in [5, 5.41) is 11.8. The zero-order valence-electron chi connectivity index (χ0n) is 11.8. The normalized spacial score (nSPS) is 10.0. The van der Waals surface area contributed by atoms with Crippen molar-refractivity contribution < 1.29 is 4.74 Å². The molecule has 0 saturated heterocycles. The molecule has 0 amide bonds. The molecule has 0 fully saturated rings. The van der Waals surface area contributed by atoms with Crippen molar-refractivity contribution in [3.05, 3.63) is 11.9 Å². The van der Waals surface area contributed by atoms with Crippen LogP contribution < -0.4 is 10.2 Å². The molecule has 0 atom stereocenters. The van der Waals surface area contributed by atoms with Crippen LogP contribution in [0.5, 0.6) is 0 Å². The number of nitrogens with one attached hydrogen (secondary N) is 1. The van der Waals surface area contributed by atoms with Gasteiger partial charge in [0, 0.05) is 32.8 Å². The maximum absolute atomic E-state index is 8.63. The van der Waals surface area contributed by atoms with Crippen molar-refractivity contribution in [1.82, 2.24) is 9.97 Å². The Hall–Kier alpha value is -1.87. The largest absolute Gasteiger partial charge is 0.374 e. The average Bonchev–Trinajstić information content (AvgIpc) is 2.42. The molecule has 1 heterocycles. The molecule has 6 nitrogen and oxygen atoms in total. The number of rotatable bonds is 8. The lowest BCUT2D eigenvalue weighted by molar-refractivity contribution is 0.128. The highest BCUT2D eigenvalue weighted by Gasteiger charge is 2.08. The summed E-state index contributed by atoms with van der Waals surface area (Å²) in [6.07, 6.45) is 0.470. The van der Waals surface area contributed by atoms with Gasteiger partial charge in [0.2, 0.25) is 0 Å². The minimum absolute atomic E-state index is 0.398. The molecule has 1 rings (SSSR count). The van der Waals surface area contributed by atoms with Gasteiger partial charge in [0.05, 0.1) is 12.5 Å². The number of hydrogen-bond acceptors (Lipinski definition) is 6.